The van der Waals surface area contributed by atoms with Crippen LogP contribution in [0.2, 0.25) is 0 Å². The third-order valence-electron chi connectivity index (χ3n) is 10.8. The van der Waals surface area contributed by atoms with E-state index in [9.17, 15) is 19.8 Å². The number of ether oxygens (including phenoxy) is 7. The predicted octanol–water partition coefficient (Wildman–Crippen LogP) is 8.99. The number of hydrogen-bond donors (Lipinski definition) is 5. The van der Waals surface area contributed by atoms with Crippen molar-refractivity contribution < 1.29 is 58.1 Å². The Hall–Kier alpha value is -7.29. The van der Waals surface area contributed by atoms with Gasteiger partial charge in [0.05, 0.1) is 37.0 Å². The fourth-order valence-electron chi connectivity index (χ4n) is 6.32. The Morgan fingerprint density at radius 2 is 0.960 bits per heavy atom. The molecule has 1 saturated heterocycles. The number of carbonyl (C=O) groups excluding carboxylic acids is 2. The lowest BCUT2D eigenvalue weighted by molar-refractivity contribution is 0.0233. The molecule has 0 spiro atoms. The van der Waals surface area contributed by atoms with Crippen molar-refractivity contribution in [1.29, 1.82) is 5.26 Å². The van der Waals surface area contributed by atoms with E-state index >= 15 is 0 Å². The van der Waals surface area contributed by atoms with Crippen molar-refractivity contribution in [2.75, 3.05) is 39.6 Å². The zero-order chi connectivity index (χ0) is 54.6. The first-order chi connectivity index (χ1) is 35.9. The van der Waals surface area contributed by atoms with Crippen LogP contribution in [0.25, 0.3) is 0 Å². The lowest BCUT2D eigenvalue weighted by atomic mass is 10.1. The van der Waals surface area contributed by atoms with Gasteiger partial charge in [0, 0.05) is 24.5 Å². The van der Waals surface area contributed by atoms with Crippen LogP contribution in [0.5, 0.6) is 23.0 Å². The number of nitrogens with two attached hydrogens (primary N) is 1. The summed E-state index contributed by atoms with van der Waals surface area (Å²) in [7, 11) is 0. The molecule has 6 N–H and O–H groups in total. The molecule has 15 heteroatoms. The van der Waals surface area contributed by atoms with Gasteiger partial charge in [-0.25, -0.2) is 9.59 Å². The summed E-state index contributed by atoms with van der Waals surface area (Å²) >= 11 is 0. The summed E-state index contributed by atoms with van der Waals surface area (Å²) in [5.41, 5.74) is 10.7. The summed E-state index contributed by atoms with van der Waals surface area (Å²) in [5, 5.41) is 38.1. The summed E-state index contributed by atoms with van der Waals surface area (Å²) in [5.74, 6) is 1.11. The molecule has 1 heterocycles. The summed E-state index contributed by atoms with van der Waals surface area (Å²) in [6, 6.07) is 48.0. The van der Waals surface area contributed by atoms with Gasteiger partial charge in [-0.3, -0.25) is 0 Å². The highest BCUT2D eigenvalue weighted by molar-refractivity contribution is 5.92. The molecule has 0 radical (unpaired) electrons. The zero-order valence-corrected chi connectivity index (χ0v) is 44.1. The van der Waals surface area contributed by atoms with Crippen LogP contribution < -0.4 is 30.0 Å². The highest BCUT2D eigenvalue weighted by Crippen LogP contribution is 2.34. The minimum Gasteiger partial charge on any atom is -0.485 e. The number of carbonyl (C=O) groups is 2. The number of epoxide rings is 1. The third-order valence-corrected chi connectivity index (χ3v) is 10.8. The topological polar surface area (TPSA) is 225 Å². The van der Waals surface area contributed by atoms with Crippen LogP contribution in [0.15, 0.2) is 146 Å². The molecule has 7 rings (SSSR count). The Bertz CT molecular complexity index is 2650. The molecular formula is C60H73N3O12. The van der Waals surface area contributed by atoms with Crippen molar-refractivity contribution in [2.45, 2.75) is 98.2 Å². The number of benzene rings is 6. The summed E-state index contributed by atoms with van der Waals surface area (Å²) < 4.78 is 40.0. The molecule has 0 bridgehead atoms. The number of rotatable bonds is 23. The monoisotopic (exact) mass is 1030 g/mol. The Morgan fingerprint density at radius 3 is 1.27 bits per heavy atom. The van der Waals surface area contributed by atoms with Crippen LogP contribution in [0.4, 0.5) is 0 Å². The van der Waals surface area contributed by atoms with Gasteiger partial charge >= 0.3 is 11.9 Å². The lowest BCUT2D eigenvalue weighted by Gasteiger charge is -2.25. The minimum absolute atomic E-state index is 0.0246. The number of aliphatic hydroxyl groups excluding tert-OH is 3. The molecule has 15 nitrogen and oxygen atoms in total. The van der Waals surface area contributed by atoms with E-state index in [0.29, 0.717) is 72.7 Å². The Balaban J connectivity index is 0.000000282. The molecule has 75 heavy (non-hydrogen) atoms. The standard InChI is InChI=1S/C29H35NO6.C25H24O5.C4H11NO.C2H3N/c1-21-14-26(34-17-22-10-6-4-7-11-22)27(35-18-23-12-8-5-9-13-23)15-25(21)28(33)36-19-24(32)16-30-29(2,3)20-31;1-18-12-23(28-14-19-8-4-2-5-9-19)24(29-15-20-10-6-3-7-11-20)13-22(18)25(26)30-17-21-16-27-21;1-4(2,5)3-6;1-2-3/h4-15,24,30-32H,16-20H2,1-3H3;2-13,21H,14-17H2,1H3;6H,3,5H2,1-2H3;1H3/t24-;21-;;/m00../s1. The summed E-state index contributed by atoms with van der Waals surface area (Å²) in [6.45, 7) is 14.6. The highest BCUT2D eigenvalue weighted by atomic mass is 16.6. The first-order valence-electron chi connectivity index (χ1n) is 24.6. The van der Waals surface area contributed by atoms with Gasteiger partial charge in [0.1, 0.15) is 51.8 Å². The van der Waals surface area contributed by atoms with Crippen LogP contribution in [-0.2, 0) is 40.6 Å². The number of hydrogen-bond acceptors (Lipinski definition) is 15. The van der Waals surface area contributed by atoms with Gasteiger partial charge in [0.15, 0.2) is 23.0 Å². The molecule has 0 unspecified atom stereocenters. The fourth-order valence-corrected chi connectivity index (χ4v) is 6.32. The van der Waals surface area contributed by atoms with Gasteiger partial charge in [-0.05, 0) is 99.2 Å². The molecule has 0 aliphatic carbocycles. The molecule has 1 aliphatic rings. The van der Waals surface area contributed by atoms with Crippen molar-refractivity contribution in [3.8, 4) is 29.1 Å². The van der Waals surface area contributed by atoms with Crippen molar-refractivity contribution in [1.82, 2.24) is 5.32 Å². The molecule has 0 aromatic heterocycles. The van der Waals surface area contributed by atoms with Crippen LogP contribution in [-0.4, -0.2) is 90.1 Å². The number of aryl methyl sites for hydroxylation is 2. The quantitative estimate of drug-likeness (QED) is 0.0298. The highest BCUT2D eigenvalue weighted by Gasteiger charge is 2.26. The Labute approximate surface area is 441 Å². The smallest absolute Gasteiger partial charge is 0.338 e. The van der Waals surface area contributed by atoms with Gasteiger partial charge in [0.25, 0.3) is 0 Å². The van der Waals surface area contributed by atoms with Crippen molar-refractivity contribution in [3.63, 3.8) is 0 Å². The summed E-state index contributed by atoms with van der Waals surface area (Å²) in [4.78, 5) is 25.4. The van der Waals surface area contributed by atoms with Crippen molar-refractivity contribution in [2.24, 2.45) is 5.73 Å². The van der Waals surface area contributed by atoms with Crippen LogP contribution in [0.3, 0.4) is 0 Å². The molecule has 400 valence electrons. The maximum absolute atomic E-state index is 12.9. The van der Waals surface area contributed by atoms with E-state index in [0.717, 1.165) is 27.8 Å². The minimum atomic E-state index is -0.914. The van der Waals surface area contributed by atoms with E-state index < -0.39 is 23.2 Å². The number of nitrogens with one attached hydrogen (secondary N) is 1. The second-order valence-corrected chi connectivity index (χ2v) is 18.9. The average molecular weight is 1030 g/mol. The Kier molecular flexibility index (Phi) is 25.3. The number of nitrogens with zero attached hydrogens (tertiary/aromatic N) is 1. The van der Waals surface area contributed by atoms with E-state index in [-0.39, 0.29) is 45.0 Å². The molecule has 0 saturated carbocycles. The van der Waals surface area contributed by atoms with Crippen molar-refractivity contribution >= 4 is 11.9 Å². The van der Waals surface area contributed by atoms with E-state index in [2.05, 4.69) is 5.32 Å². The molecule has 6 aromatic rings. The maximum atomic E-state index is 12.9. The number of aliphatic hydroxyl groups is 3. The van der Waals surface area contributed by atoms with E-state index in [1.807, 2.05) is 148 Å². The maximum Gasteiger partial charge on any atom is 0.338 e. The van der Waals surface area contributed by atoms with Crippen LogP contribution >= 0.6 is 0 Å². The van der Waals surface area contributed by atoms with Gasteiger partial charge < -0.3 is 59.5 Å². The lowest BCUT2D eigenvalue weighted by Crippen LogP contribution is -2.47. The van der Waals surface area contributed by atoms with Gasteiger partial charge in [-0.15, -0.1) is 0 Å². The number of β-amino-alcohol motifs (C(OH)–C–C–N with tert-alkyl or cyclic N) is 1. The fraction of sp³-hybridized carbons (Fsp3) is 0.350. The molecular weight excluding hydrogens is 955 g/mol. The average Bonchev–Trinajstić information content (AvgIpc) is 4.26. The van der Waals surface area contributed by atoms with Crippen molar-refractivity contribution in [3.05, 3.63) is 190 Å². The molecule has 1 fully saturated rings. The van der Waals surface area contributed by atoms with E-state index in [1.165, 1.54) is 6.92 Å². The van der Waals surface area contributed by atoms with Crippen LogP contribution in [0.1, 0.15) is 88.7 Å². The molecule has 0 amide bonds. The van der Waals surface area contributed by atoms with Gasteiger partial charge in [-0.2, -0.15) is 5.26 Å². The molecule has 1 aliphatic heterocycles. The third kappa shape index (κ3) is 23.2. The number of nitriles is 1. The Morgan fingerprint density at radius 1 is 0.640 bits per heavy atom. The number of esters is 2. The zero-order valence-electron chi connectivity index (χ0n) is 44.1. The largest absolute Gasteiger partial charge is 0.485 e. The first kappa shape index (κ1) is 60.3. The van der Waals surface area contributed by atoms with Crippen LogP contribution in [0, 0.1) is 25.2 Å². The van der Waals surface area contributed by atoms with Gasteiger partial charge in [0.2, 0.25) is 0 Å². The summed E-state index contributed by atoms with van der Waals surface area (Å²) in [6.07, 6.45) is -0.890. The second kappa shape index (κ2) is 31.4. The predicted molar refractivity (Wildman–Crippen MR) is 288 cm³/mol. The SMILES string of the molecule is CC#N.CC(C)(N)CO.Cc1cc(OCc2ccccc2)c(OCc2ccccc2)cc1C(=O)OC[C@@H](O)CNC(C)(C)CO.Cc1cc(OCc2ccccc2)c(OCc2ccccc2)cc1C(=O)OC[C@@H]1CO1. The first-order valence-corrected chi connectivity index (χ1v) is 24.6. The second-order valence-electron chi connectivity index (χ2n) is 18.9. The van der Waals surface area contributed by atoms with E-state index in [1.54, 1.807) is 45.0 Å². The molecule has 2 atom stereocenters. The van der Waals surface area contributed by atoms with Gasteiger partial charge in [-0.1, -0.05) is 121 Å². The van der Waals surface area contributed by atoms with E-state index in [4.69, 9.17) is 49.3 Å². The molecule has 6 aromatic carbocycles. The normalized spacial score (nSPS) is 12.8.